The number of amides is 1. The van der Waals surface area contributed by atoms with Crippen LogP contribution in [-0.2, 0) is 12.8 Å². The molecule has 2 aromatic carbocycles. The SMILES string of the molecule is CCCNC(=O)c1c(F)cccc1CC[C@]1(O)CCC2=Cc3c(cnn3-c3ccc(F)cc3)C[C@@]21CC. The molecule has 1 aromatic heterocycles. The van der Waals surface area contributed by atoms with Crippen LogP contribution in [0, 0.1) is 17.0 Å². The van der Waals surface area contributed by atoms with Gasteiger partial charge >= 0.3 is 0 Å². The highest BCUT2D eigenvalue weighted by molar-refractivity contribution is 5.96. The average Bonchev–Trinajstić information content (AvgIpc) is 3.43. The van der Waals surface area contributed by atoms with Crippen molar-refractivity contribution >= 4 is 12.0 Å². The number of carbonyl (C=O) groups is 1. The molecule has 1 heterocycles. The smallest absolute Gasteiger partial charge is 0.254 e. The molecule has 2 aliphatic carbocycles. The Balaban J connectivity index is 1.43. The number of hydrogen-bond donors (Lipinski definition) is 2. The lowest BCUT2D eigenvalue weighted by Gasteiger charge is -2.45. The Hall–Kier alpha value is -3.32. The number of rotatable bonds is 8. The fourth-order valence-electron chi connectivity index (χ4n) is 6.31. The van der Waals surface area contributed by atoms with Crippen molar-refractivity contribution in [3.63, 3.8) is 0 Å². The minimum atomic E-state index is -0.993. The summed E-state index contributed by atoms with van der Waals surface area (Å²) < 4.78 is 30.0. The molecule has 2 aliphatic rings. The summed E-state index contributed by atoms with van der Waals surface area (Å²) in [6.45, 7) is 4.54. The lowest BCUT2D eigenvalue weighted by atomic mass is 9.63. The number of nitrogens with one attached hydrogen (secondary N) is 1. The van der Waals surface area contributed by atoms with E-state index in [9.17, 15) is 18.7 Å². The van der Waals surface area contributed by atoms with Gasteiger partial charge in [0, 0.05) is 12.0 Å². The zero-order chi connectivity index (χ0) is 26.2. The Bertz CT molecular complexity index is 1350. The quantitative estimate of drug-likeness (QED) is 0.408. The van der Waals surface area contributed by atoms with Crippen LogP contribution < -0.4 is 5.32 Å². The lowest BCUT2D eigenvalue weighted by molar-refractivity contribution is -0.0569. The Morgan fingerprint density at radius 2 is 1.95 bits per heavy atom. The number of aromatic nitrogens is 2. The normalized spacial score (nSPS) is 22.4. The van der Waals surface area contributed by atoms with Crippen LogP contribution in [0.5, 0.6) is 0 Å². The fraction of sp³-hybridized carbons (Fsp3) is 0.400. The van der Waals surface area contributed by atoms with E-state index in [2.05, 4.69) is 23.4 Å². The minimum Gasteiger partial charge on any atom is -0.389 e. The van der Waals surface area contributed by atoms with E-state index in [1.54, 1.807) is 24.3 Å². The molecule has 5 rings (SSSR count). The molecule has 1 saturated carbocycles. The van der Waals surface area contributed by atoms with Crippen LogP contribution >= 0.6 is 0 Å². The van der Waals surface area contributed by atoms with Gasteiger partial charge in [0.15, 0.2) is 0 Å². The summed E-state index contributed by atoms with van der Waals surface area (Å²) >= 11 is 0. The summed E-state index contributed by atoms with van der Waals surface area (Å²) in [4.78, 5) is 12.7. The van der Waals surface area contributed by atoms with E-state index < -0.39 is 22.7 Å². The van der Waals surface area contributed by atoms with Gasteiger partial charge in [-0.05, 0) is 92.5 Å². The lowest BCUT2D eigenvalue weighted by Crippen LogP contribution is -2.47. The van der Waals surface area contributed by atoms with Gasteiger partial charge < -0.3 is 10.4 Å². The van der Waals surface area contributed by atoms with Gasteiger partial charge in [0.05, 0.1) is 28.7 Å². The van der Waals surface area contributed by atoms with Crippen molar-refractivity contribution in [3.8, 4) is 5.69 Å². The Morgan fingerprint density at radius 3 is 2.68 bits per heavy atom. The van der Waals surface area contributed by atoms with Gasteiger partial charge in [0.1, 0.15) is 11.6 Å². The van der Waals surface area contributed by atoms with Crippen molar-refractivity contribution in [3.05, 3.63) is 88.3 Å². The van der Waals surface area contributed by atoms with E-state index in [0.29, 0.717) is 37.8 Å². The molecule has 3 aromatic rings. The number of benzene rings is 2. The monoisotopic (exact) mass is 505 g/mol. The van der Waals surface area contributed by atoms with Crippen molar-refractivity contribution in [1.82, 2.24) is 15.1 Å². The second-order valence-electron chi connectivity index (χ2n) is 10.3. The third kappa shape index (κ3) is 4.29. The summed E-state index contributed by atoms with van der Waals surface area (Å²) in [7, 11) is 0. The number of aliphatic hydroxyl groups is 1. The number of fused-ring (bicyclic) bond motifs is 2. The molecule has 1 fully saturated rings. The van der Waals surface area contributed by atoms with Crippen LogP contribution in [-0.4, -0.2) is 32.9 Å². The van der Waals surface area contributed by atoms with E-state index in [1.807, 2.05) is 17.8 Å². The van der Waals surface area contributed by atoms with Gasteiger partial charge in [-0.15, -0.1) is 0 Å². The van der Waals surface area contributed by atoms with Gasteiger partial charge in [-0.3, -0.25) is 4.79 Å². The maximum Gasteiger partial charge on any atom is 0.254 e. The van der Waals surface area contributed by atoms with Crippen LogP contribution in [0.2, 0.25) is 0 Å². The van der Waals surface area contributed by atoms with Gasteiger partial charge in [-0.1, -0.05) is 31.6 Å². The molecular weight excluding hydrogens is 472 g/mol. The van der Waals surface area contributed by atoms with Crippen LogP contribution in [0.15, 0.2) is 54.2 Å². The molecule has 0 unspecified atom stereocenters. The first-order chi connectivity index (χ1) is 17.8. The van der Waals surface area contributed by atoms with Crippen LogP contribution in [0.4, 0.5) is 8.78 Å². The molecule has 0 aliphatic heterocycles. The Morgan fingerprint density at radius 1 is 1.16 bits per heavy atom. The van der Waals surface area contributed by atoms with Gasteiger partial charge in [0.25, 0.3) is 5.91 Å². The first kappa shape index (κ1) is 25.3. The van der Waals surface area contributed by atoms with E-state index in [0.717, 1.165) is 36.2 Å². The molecule has 2 atom stereocenters. The van der Waals surface area contributed by atoms with Crippen molar-refractivity contribution in [2.75, 3.05) is 6.54 Å². The summed E-state index contributed by atoms with van der Waals surface area (Å²) in [6.07, 6.45) is 8.34. The Labute approximate surface area is 216 Å². The average molecular weight is 506 g/mol. The third-order valence-electron chi connectivity index (χ3n) is 8.35. The number of nitrogens with zero attached hydrogens (tertiary/aromatic N) is 2. The molecule has 194 valence electrons. The van der Waals surface area contributed by atoms with Crippen molar-refractivity contribution < 1.29 is 18.7 Å². The van der Waals surface area contributed by atoms with Gasteiger partial charge in [-0.2, -0.15) is 5.10 Å². The standard InChI is InChI=1S/C30H33F2N3O2/c1-3-16-33-28(36)27-20(6-5-7-25(27)32)12-14-30(37)15-13-22-17-26-21(18-29(22,30)4-2)19-34-35(26)24-10-8-23(31)9-11-24/h5-11,17,19,37H,3-4,12-16,18H2,1-2H3,(H,33,36)/t29-,30-/m0/s1. The highest BCUT2D eigenvalue weighted by Gasteiger charge is 2.56. The molecule has 5 nitrogen and oxygen atoms in total. The van der Waals surface area contributed by atoms with E-state index in [4.69, 9.17) is 0 Å². The summed E-state index contributed by atoms with van der Waals surface area (Å²) in [5.74, 6) is -1.24. The largest absolute Gasteiger partial charge is 0.389 e. The summed E-state index contributed by atoms with van der Waals surface area (Å²) in [6, 6.07) is 11.0. The molecule has 0 radical (unpaired) electrons. The third-order valence-corrected chi connectivity index (χ3v) is 8.35. The fourth-order valence-corrected chi connectivity index (χ4v) is 6.31. The molecule has 0 saturated heterocycles. The highest BCUT2D eigenvalue weighted by atomic mass is 19.1. The molecule has 0 spiro atoms. The summed E-state index contributed by atoms with van der Waals surface area (Å²) in [5.41, 5.74) is 3.24. The van der Waals surface area contributed by atoms with E-state index >= 15 is 0 Å². The Kier molecular flexibility index (Phi) is 6.75. The zero-order valence-electron chi connectivity index (χ0n) is 21.4. The first-order valence-electron chi connectivity index (χ1n) is 13.1. The maximum absolute atomic E-state index is 14.7. The molecule has 2 N–H and O–H groups in total. The van der Waals surface area contributed by atoms with E-state index in [1.165, 1.54) is 23.8 Å². The first-order valence-corrected chi connectivity index (χ1v) is 13.1. The summed E-state index contributed by atoms with van der Waals surface area (Å²) in [5, 5.41) is 19.5. The second kappa shape index (κ2) is 9.86. The predicted molar refractivity (Wildman–Crippen MR) is 139 cm³/mol. The number of halogens is 2. The zero-order valence-corrected chi connectivity index (χ0v) is 21.4. The molecule has 37 heavy (non-hydrogen) atoms. The van der Waals surface area contributed by atoms with Crippen LogP contribution in [0.3, 0.4) is 0 Å². The van der Waals surface area contributed by atoms with Crippen LogP contribution in [0.1, 0.15) is 73.1 Å². The minimum absolute atomic E-state index is 0.0744. The maximum atomic E-state index is 14.7. The van der Waals surface area contributed by atoms with Crippen molar-refractivity contribution in [1.29, 1.82) is 0 Å². The van der Waals surface area contributed by atoms with Crippen molar-refractivity contribution in [2.24, 2.45) is 5.41 Å². The van der Waals surface area contributed by atoms with Crippen molar-refractivity contribution in [2.45, 2.75) is 64.4 Å². The van der Waals surface area contributed by atoms with Crippen LogP contribution in [0.25, 0.3) is 11.8 Å². The molecule has 7 heteroatoms. The highest BCUT2D eigenvalue weighted by Crippen LogP contribution is 2.59. The second-order valence-corrected chi connectivity index (χ2v) is 10.3. The molecule has 0 bridgehead atoms. The number of aryl methyl sites for hydroxylation is 1. The molecule has 1 amide bonds. The predicted octanol–water partition coefficient (Wildman–Crippen LogP) is 5.78. The number of hydrogen-bond acceptors (Lipinski definition) is 3. The number of carbonyl (C=O) groups excluding carboxylic acids is 1. The van der Waals surface area contributed by atoms with Gasteiger partial charge in [0.2, 0.25) is 0 Å². The van der Waals surface area contributed by atoms with Gasteiger partial charge in [-0.25, -0.2) is 13.5 Å². The topological polar surface area (TPSA) is 67.2 Å². The molecular formula is C30H33F2N3O2. The van der Waals surface area contributed by atoms with E-state index in [-0.39, 0.29) is 11.4 Å².